The summed E-state index contributed by atoms with van der Waals surface area (Å²) < 4.78 is 15.4. The standard InChI is InChI=1S/C23H21FN8/c24-17-9-16(12-26)23(20(27)10-17)30-6-7-31-19(13-30)4-5-22(31)21-14-32(29-28-21)18-3-1-2-15(8-18)11-25/h1-3,8-10,14,19,22H,4-7,13,27H2/t19-,22+/m0/s1. The van der Waals surface area contributed by atoms with Crippen LogP contribution in [0, 0.1) is 28.5 Å². The first kappa shape index (κ1) is 20.0. The van der Waals surface area contributed by atoms with Crippen molar-refractivity contribution >= 4 is 11.4 Å². The van der Waals surface area contributed by atoms with Crippen LogP contribution in [0.15, 0.2) is 42.6 Å². The van der Waals surface area contributed by atoms with Gasteiger partial charge in [0.1, 0.15) is 17.6 Å². The minimum Gasteiger partial charge on any atom is -0.397 e. The van der Waals surface area contributed by atoms with Crippen LogP contribution in [0.5, 0.6) is 0 Å². The molecule has 0 unspecified atom stereocenters. The molecule has 160 valence electrons. The van der Waals surface area contributed by atoms with Gasteiger partial charge in [0, 0.05) is 25.7 Å². The van der Waals surface area contributed by atoms with Crippen molar-refractivity contribution in [3.8, 4) is 17.8 Å². The highest BCUT2D eigenvalue weighted by Crippen LogP contribution is 2.39. The lowest BCUT2D eigenvalue weighted by Gasteiger charge is -2.41. The number of nitrogens with zero attached hydrogens (tertiary/aromatic N) is 7. The minimum atomic E-state index is -0.495. The molecule has 32 heavy (non-hydrogen) atoms. The summed E-state index contributed by atoms with van der Waals surface area (Å²) in [7, 11) is 0. The van der Waals surface area contributed by atoms with E-state index < -0.39 is 5.82 Å². The van der Waals surface area contributed by atoms with Gasteiger partial charge in [0.15, 0.2) is 0 Å². The van der Waals surface area contributed by atoms with Gasteiger partial charge < -0.3 is 10.6 Å². The van der Waals surface area contributed by atoms with Crippen LogP contribution >= 0.6 is 0 Å². The SMILES string of the molecule is N#Cc1cccc(-n2cc([C@H]3CC[C@H]4CN(c5c(N)cc(F)cc5C#N)CCN43)nn2)c1. The Kier molecular flexibility index (Phi) is 4.96. The molecule has 0 radical (unpaired) electrons. The molecule has 2 aromatic carbocycles. The lowest BCUT2D eigenvalue weighted by atomic mass is 10.1. The average molecular weight is 428 g/mol. The molecular weight excluding hydrogens is 407 g/mol. The molecule has 0 aliphatic carbocycles. The topological polar surface area (TPSA) is 111 Å². The van der Waals surface area contributed by atoms with E-state index in [9.17, 15) is 9.65 Å². The number of aromatic nitrogens is 3. The van der Waals surface area contributed by atoms with E-state index in [4.69, 9.17) is 11.0 Å². The van der Waals surface area contributed by atoms with Crippen molar-refractivity contribution in [2.24, 2.45) is 0 Å². The number of hydrogen-bond acceptors (Lipinski definition) is 7. The molecule has 0 bridgehead atoms. The van der Waals surface area contributed by atoms with Crippen LogP contribution in [0.1, 0.15) is 35.7 Å². The number of rotatable bonds is 3. The lowest BCUT2D eigenvalue weighted by Crippen LogP contribution is -2.51. The van der Waals surface area contributed by atoms with Crippen molar-refractivity contribution in [2.75, 3.05) is 30.3 Å². The van der Waals surface area contributed by atoms with Gasteiger partial charge in [-0.1, -0.05) is 11.3 Å². The van der Waals surface area contributed by atoms with Gasteiger partial charge in [-0.15, -0.1) is 5.10 Å². The van der Waals surface area contributed by atoms with E-state index in [1.807, 2.05) is 18.3 Å². The monoisotopic (exact) mass is 428 g/mol. The molecular formula is C23H21FN8. The average Bonchev–Trinajstić information content (AvgIpc) is 3.45. The molecule has 0 spiro atoms. The van der Waals surface area contributed by atoms with Crippen molar-refractivity contribution in [1.82, 2.24) is 19.9 Å². The zero-order valence-corrected chi connectivity index (χ0v) is 17.3. The van der Waals surface area contributed by atoms with E-state index in [0.717, 1.165) is 37.3 Å². The van der Waals surface area contributed by atoms with E-state index >= 15 is 0 Å². The van der Waals surface area contributed by atoms with Crippen molar-refractivity contribution < 1.29 is 4.39 Å². The molecule has 2 fully saturated rings. The van der Waals surface area contributed by atoms with E-state index in [1.165, 1.54) is 12.1 Å². The second-order valence-corrected chi connectivity index (χ2v) is 8.18. The number of anilines is 2. The Morgan fingerprint density at radius 3 is 2.78 bits per heavy atom. The van der Waals surface area contributed by atoms with Crippen LogP contribution in [0.25, 0.3) is 5.69 Å². The number of fused-ring (bicyclic) bond motifs is 1. The number of halogens is 1. The Morgan fingerprint density at radius 2 is 1.97 bits per heavy atom. The maximum Gasteiger partial charge on any atom is 0.126 e. The highest BCUT2D eigenvalue weighted by atomic mass is 19.1. The van der Waals surface area contributed by atoms with Gasteiger partial charge in [-0.05, 0) is 43.2 Å². The van der Waals surface area contributed by atoms with E-state index in [2.05, 4.69) is 32.3 Å². The molecule has 1 aromatic heterocycles. The molecule has 0 saturated carbocycles. The molecule has 2 N–H and O–H groups in total. The highest BCUT2D eigenvalue weighted by molar-refractivity contribution is 5.75. The largest absolute Gasteiger partial charge is 0.397 e. The molecule has 2 aliphatic heterocycles. The second-order valence-electron chi connectivity index (χ2n) is 8.18. The van der Waals surface area contributed by atoms with Gasteiger partial charge in [-0.3, -0.25) is 4.90 Å². The molecule has 3 aromatic rings. The molecule has 5 rings (SSSR count). The minimum absolute atomic E-state index is 0.163. The van der Waals surface area contributed by atoms with Crippen LogP contribution in [0.2, 0.25) is 0 Å². The molecule has 2 saturated heterocycles. The summed E-state index contributed by atoms with van der Waals surface area (Å²) in [5.74, 6) is -0.495. The summed E-state index contributed by atoms with van der Waals surface area (Å²) in [5.41, 5.74) is 9.56. The lowest BCUT2D eigenvalue weighted by molar-refractivity contribution is 0.173. The van der Waals surface area contributed by atoms with Crippen LogP contribution in [-0.2, 0) is 0 Å². The normalized spacial score (nSPS) is 20.5. The number of hydrogen-bond donors (Lipinski definition) is 1. The zero-order valence-electron chi connectivity index (χ0n) is 17.3. The fraction of sp³-hybridized carbons (Fsp3) is 0.304. The second kappa shape index (κ2) is 7.95. The summed E-state index contributed by atoms with van der Waals surface area (Å²) in [6.07, 6.45) is 3.88. The third-order valence-corrected chi connectivity index (χ3v) is 6.34. The number of nitrogen functional groups attached to an aromatic ring is 1. The smallest absolute Gasteiger partial charge is 0.126 e. The van der Waals surface area contributed by atoms with Crippen LogP contribution in [0.4, 0.5) is 15.8 Å². The Morgan fingerprint density at radius 1 is 1.09 bits per heavy atom. The number of benzene rings is 2. The number of nitriles is 2. The maximum atomic E-state index is 13.7. The highest BCUT2D eigenvalue weighted by Gasteiger charge is 2.40. The van der Waals surface area contributed by atoms with E-state index in [1.54, 1.807) is 16.8 Å². The van der Waals surface area contributed by atoms with Gasteiger partial charge in [0.05, 0.1) is 46.5 Å². The number of piperazine rings is 1. The zero-order chi connectivity index (χ0) is 22.2. The first-order valence-electron chi connectivity index (χ1n) is 10.5. The number of nitrogens with two attached hydrogens (primary N) is 1. The molecule has 2 aliphatic rings. The maximum absolute atomic E-state index is 13.7. The first-order chi connectivity index (χ1) is 15.6. The third-order valence-electron chi connectivity index (χ3n) is 6.34. The fourth-order valence-corrected chi connectivity index (χ4v) is 4.91. The molecule has 8 nitrogen and oxygen atoms in total. The summed E-state index contributed by atoms with van der Waals surface area (Å²) in [6, 6.07) is 14.5. The Hall–Kier alpha value is -3.95. The summed E-state index contributed by atoms with van der Waals surface area (Å²) in [5, 5.41) is 27.3. The van der Waals surface area contributed by atoms with Crippen LogP contribution in [-0.4, -0.2) is 45.6 Å². The molecule has 9 heteroatoms. The molecule has 2 atom stereocenters. The van der Waals surface area contributed by atoms with Crippen molar-refractivity contribution in [2.45, 2.75) is 24.9 Å². The summed E-state index contributed by atoms with van der Waals surface area (Å²) in [6.45, 7) is 2.20. The van der Waals surface area contributed by atoms with Gasteiger partial charge in [0.25, 0.3) is 0 Å². The third kappa shape index (κ3) is 3.43. The van der Waals surface area contributed by atoms with Gasteiger partial charge in [0.2, 0.25) is 0 Å². The van der Waals surface area contributed by atoms with Crippen LogP contribution < -0.4 is 10.6 Å². The van der Waals surface area contributed by atoms with Crippen LogP contribution in [0.3, 0.4) is 0 Å². The Bertz CT molecular complexity index is 1250. The van der Waals surface area contributed by atoms with E-state index in [-0.39, 0.29) is 17.6 Å². The first-order valence-corrected chi connectivity index (χ1v) is 10.5. The quantitative estimate of drug-likeness (QED) is 0.639. The Balaban J connectivity index is 1.35. The summed E-state index contributed by atoms with van der Waals surface area (Å²) in [4.78, 5) is 4.53. The van der Waals surface area contributed by atoms with Crippen molar-refractivity contribution in [1.29, 1.82) is 10.5 Å². The van der Waals surface area contributed by atoms with Crippen molar-refractivity contribution in [3.05, 3.63) is 65.2 Å². The predicted octanol–water partition coefficient (Wildman–Crippen LogP) is 2.76. The fourth-order valence-electron chi connectivity index (χ4n) is 4.91. The van der Waals surface area contributed by atoms with Crippen molar-refractivity contribution in [3.63, 3.8) is 0 Å². The van der Waals surface area contributed by atoms with Gasteiger partial charge in [-0.25, -0.2) is 9.07 Å². The molecule has 3 heterocycles. The predicted molar refractivity (Wildman–Crippen MR) is 116 cm³/mol. The summed E-state index contributed by atoms with van der Waals surface area (Å²) >= 11 is 0. The van der Waals surface area contributed by atoms with Gasteiger partial charge >= 0.3 is 0 Å². The molecule has 0 amide bonds. The Labute approximate surface area is 184 Å². The van der Waals surface area contributed by atoms with E-state index in [0.29, 0.717) is 23.5 Å². The van der Waals surface area contributed by atoms with Gasteiger partial charge in [-0.2, -0.15) is 10.5 Å².